The maximum atomic E-state index is 2.53. The van der Waals surface area contributed by atoms with E-state index in [4.69, 9.17) is 0 Å². The molecule has 0 N–H and O–H groups in total. The molecule has 0 radical (unpaired) electrons. The van der Waals surface area contributed by atoms with E-state index in [2.05, 4.69) is 290 Å². The Morgan fingerprint density at radius 3 is 1.26 bits per heavy atom. The molecule has 0 aromatic heterocycles. The highest BCUT2D eigenvalue weighted by Gasteiger charge is 2.48. The molecule has 0 heterocycles. The van der Waals surface area contributed by atoms with Gasteiger partial charge in [0, 0.05) is 17.1 Å². The van der Waals surface area contributed by atoms with Crippen LogP contribution in [0.15, 0.2) is 237 Å². The molecule has 0 fully saturated rings. The Morgan fingerprint density at radius 1 is 0.288 bits per heavy atom. The van der Waals surface area contributed by atoms with Crippen molar-refractivity contribution in [1.82, 2.24) is 0 Å². The first-order valence-electron chi connectivity index (χ1n) is 26.4. The Balaban J connectivity index is 1.15. The van der Waals surface area contributed by atoms with Gasteiger partial charge in [-0.2, -0.15) is 0 Å². The van der Waals surface area contributed by atoms with Crippen LogP contribution in [-0.4, -0.2) is 0 Å². The molecule has 10 aromatic rings. The largest absolute Gasteiger partial charge is 0.310 e. The lowest BCUT2D eigenvalue weighted by Gasteiger charge is -2.36. The predicted octanol–water partition coefficient (Wildman–Crippen LogP) is 19.2. The van der Waals surface area contributed by atoms with Crippen LogP contribution in [0.4, 0.5) is 17.1 Å². The third-order valence-electron chi connectivity index (χ3n) is 16.3. The van der Waals surface area contributed by atoms with Gasteiger partial charge in [0.15, 0.2) is 0 Å². The maximum Gasteiger partial charge on any atom is 0.0714 e. The summed E-state index contributed by atoms with van der Waals surface area (Å²) in [4.78, 5) is 2.52. The van der Waals surface area contributed by atoms with Gasteiger partial charge in [0.1, 0.15) is 0 Å². The molecule has 1 nitrogen and oxygen atoms in total. The minimum absolute atomic E-state index is 0.375. The highest BCUT2D eigenvalue weighted by molar-refractivity contribution is 5.92. The molecule has 10 aromatic carbocycles. The highest BCUT2D eigenvalue weighted by Crippen LogP contribution is 2.60. The number of anilines is 3. The van der Waals surface area contributed by atoms with Gasteiger partial charge in [-0.1, -0.05) is 247 Å². The topological polar surface area (TPSA) is 3.24 Å². The van der Waals surface area contributed by atoms with Crippen LogP contribution in [0.5, 0.6) is 0 Å². The zero-order valence-corrected chi connectivity index (χ0v) is 43.2. The second-order valence-electron chi connectivity index (χ2n) is 21.5. The quantitative estimate of drug-likeness (QED) is 0.125. The molecule has 2 unspecified atom stereocenters. The summed E-state index contributed by atoms with van der Waals surface area (Å²) in [6.07, 6.45) is 0. The summed E-state index contributed by atoms with van der Waals surface area (Å²) in [5.41, 5.74) is 25.4. The van der Waals surface area contributed by atoms with E-state index in [1.54, 1.807) is 0 Å². The number of fused-ring (bicyclic) bond motifs is 6. The van der Waals surface area contributed by atoms with E-state index >= 15 is 0 Å². The molecule has 0 saturated carbocycles. The van der Waals surface area contributed by atoms with Gasteiger partial charge in [-0.15, -0.1) is 0 Å². The van der Waals surface area contributed by atoms with Crippen LogP contribution in [0, 0.1) is 6.92 Å². The van der Waals surface area contributed by atoms with Gasteiger partial charge < -0.3 is 4.90 Å². The normalized spacial score (nSPS) is 16.4. The van der Waals surface area contributed by atoms with Gasteiger partial charge in [-0.3, -0.25) is 0 Å². The third-order valence-corrected chi connectivity index (χ3v) is 16.3. The molecule has 73 heavy (non-hydrogen) atoms. The van der Waals surface area contributed by atoms with Crippen LogP contribution >= 0.6 is 0 Å². The lowest BCUT2D eigenvalue weighted by atomic mass is 9.66. The van der Waals surface area contributed by atoms with Crippen LogP contribution < -0.4 is 4.90 Å². The summed E-state index contributed by atoms with van der Waals surface area (Å²) >= 11 is 0. The molecule has 0 spiro atoms. The molecule has 0 bridgehead atoms. The van der Waals surface area contributed by atoms with Gasteiger partial charge in [-0.25, -0.2) is 0 Å². The third kappa shape index (κ3) is 7.43. The Labute approximate surface area is 433 Å². The fourth-order valence-corrected chi connectivity index (χ4v) is 12.4. The van der Waals surface area contributed by atoms with E-state index < -0.39 is 10.8 Å². The van der Waals surface area contributed by atoms with Crippen LogP contribution in [0.1, 0.15) is 126 Å². The van der Waals surface area contributed by atoms with Crippen molar-refractivity contribution < 1.29 is 0 Å². The van der Waals surface area contributed by atoms with Gasteiger partial charge >= 0.3 is 0 Å². The molecule has 12 rings (SSSR count). The summed E-state index contributed by atoms with van der Waals surface area (Å²) in [5, 5.41) is 0. The molecule has 2 atom stereocenters. The van der Waals surface area contributed by atoms with Crippen LogP contribution in [0.3, 0.4) is 0 Å². The lowest BCUT2D eigenvalue weighted by molar-refractivity contribution is 0.754. The van der Waals surface area contributed by atoms with Crippen molar-refractivity contribution in [2.24, 2.45) is 0 Å². The molecule has 0 saturated heterocycles. The monoisotopic (exact) mass is 941 g/mol. The molecule has 0 amide bonds. The first kappa shape index (κ1) is 46.1. The molecule has 2 aliphatic rings. The summed E-state index contributed by atoms with van der Waals surface area (Å²) < 4.78 is 0. The van der Waals surface area contributed by atoms with E-state index in [0.29, 0.717) is 17.8 Å². The van der Waals surface area contributed by atoms with Crippen molar-refractivity contribution in [2.75, 3.05) is 4.90 Å². The Hall–Kier alpha value is -8.00. The summed E-state index contributed by atoms with van der Waals surface area (Å²) in [5.74, 6) is 1.13. The average molecular weight is 942 g/mol. The first-order valence-corrected chi connectivity index (χ1v) is 26.4. The number of benzene rings is 10. The number of rotatable bonds is 11. The zero-order chi connectivity index (χ0) is 50.0. The summed E-state index contributed by atoms with van der Waals surface area (Å²) in [7, 11) is 0. The van der Waals surface area contributed by atoms with Crippen molar-refractivity contribution >= 4 is 17.1 Å². The van der Waals surface area contributed by atoms with Gasteiger partial charge in [0.05, 0.1) is 10.8 Å². The molecule has 356 valence electrons. The van der Waals surface area contributed by atoms with Gasteiger partial charge in [0.25, 0.3) is 0 Å². The SMILES string of the molecule is Cc1ccc(C2(c3cccc(C(C)C)c3)c3ccccc3-c3ccc(N(c4ccc(-c5ccccc5)cc4)c4ccc5c(c4)C(c4ccccc4)(c4cccc(C(C)C)c4)c4cc(C(C)C)ccc4-5)cc32)cc1. The number of aryl methyl sites for hydroxylation is 1. The van der Waals surface area contributed by atoms with E-state index in [9.17, 15) is 0 Å². The van der Waals surface area contributed by atoms with Crippen LogP contribution in [0.25, 0.3) is 33.4 Å². The Kier molecular flexibility index (Phi) is 11.5. The van der Waals surface area contributed by atoms with E-state index in [0.717, 1.165) is 17.1 Å². The minimum Gasteiger partial charge on any atom is -0.310 e. The van der Waals surface area contributed by atoms with Crippen molar-refractivity contribution in [3.63, 3.8) is 0 Å². The fourth-order valence-electron chi connectivity index (χ4n) is 12.4. The second kappa shape index (κ2) is 18.2. The summed E-state index contributed by atoms with van der Waals surface area (Å²) in [6, 6.07) is 90.4. The lowest BCUT2D eigenvalue weighted by Crippen LogP contribution is -2.29. The van der Waals surface area contributed by atoms with Crippen molar-refractivity contribution in [1.29, 1.82) is 0 Å². The average Bonchev–Trinajstić information content (AvgIpc) is 3.89. The number of hydrogen-bond donors (Lipinski definition) is 0. The van der Waals surface area contributed by atoms with Crippen molar-refractivity contribution in [2.45, 2.75) is 77.0 Å². The van der Waals surface area contributed by atoms with Crippen LogP contribution in [-0.2, 0) is 10.8 Å². The predicted molar refractivity (Wildman–Crippen MR) is 308 cm³/mol. The minimum atomic E-state index is -0.581. The molecule has 2 aliphatic carbocycles. The van der Waals surface area contributed by atoms with E-state index in [1.807, 2.05) is 0 Å². The number of nitrogens with zero attached hydrogens (tertiary/aromatic N) is 1. The highest BCUT2D eigenvalue weighted by atomic mass is 15.1. The molecular formula is C72H63N. The summed E-state index contributed by atoms with van der Waals surface area (Å²) in [6.45, 7) is 16.1. The fraction of sp³-hybridized carbons (Fsp3) is 0.167. The standard InChI is InChI=1S/C72H63N/c1-47(2)53-20-16-24-58(42-53)71(57-33-28-50(7)29-34-57)67-27-15-14-26-63(67)65-40-37-61(45-69(65)71)73(60-35-30-52(31-36-60)51-18-10-8-11-19-51)62-38-41-66-64-39-32-55(49(5)6)44-68(64)72(70(66)46-62,56-22-12-9-13-23-56)59-25-17-21-54(43-59)48(3)4/h8-49H,1-7H3. The van der Waals surface area contributed by atoms with Crippen LogP contribution in [0.2, 0.25) is 0 Å². The van der Waals surface area contributed by atoms with Crippen molar-refractivity contribution in [3.05, 3.63) is 303 Å². The zero-order valence-electron chi connectivity index (χ0n) is 43.2. The van der Waals surface area contributed by atoms with Gasteiger partial charge in [-0.05, 0) is 156 Å². The smallest absolute Gasteiger partial charge is 0.0714 e. The Morgan fingerprint density at radius 2 is 0.699 bits per heavy atom. The van der Waals surface area contributed by atoms with Gasteiger partial charge in [0.2, 0.25) is 0 Å². The number of hydrogen-bond acceptors (Lipinski definition) is 1. The maximum absolute atomic E-state index is 2.53. The molecular weight excluding hydrogens is 879 g/mol. The second-order valence-corrected chi connectivity index (χ2v) is 21.5. The first-order chi connectivity index (χ1) is 35.6. The molecule has 1 heteroatoms. The van der Waals surface area contributed by atoms with E-state index in [-0.39, 0.29) is 0 Å². The molecule has 0 aliphatic heterocycles. The Bertz CT molecular complexity index is 3660. The van der Waals surface area contributed by atoms with E-state index in [1.165, 1.54) is 100 Å². The van der Waals surface area contributed by atoms with Crippen molar-refractivity contribution in [3.8, 4) is 33.4 Å².